The van der Waals surface area contributed by atoms with Gasteiger partial charge in [-0.2, -0.15) is 0 Å². The van der Waals surface area contributed by atoms with Crippen LogP contribution in [0.2, 0.25) is 0 Å². The molecule has 130 valence electrons. The van der Waals surface area contributed by atoms with E-state index in [1.807, 2.05) is 12.3 Å². The van der Waals surface area contributed by atoms with E-state index in [0.29, 0.717) is 11.8 Å². The van der Waals surface area contributed by atoms with Crippen molar-refractivity contribution >= 4 is 0 Å². The van der Waals surface area contributed by atoms with Crippen LogP contribution in [0.25, 0.3) is 11.4 Å². The van der Waals surface area contributed by atoms with Crippen LogP contribution >= 0.6 is 0 Å². The highest BCUT2D eigenvalue weighted by Gasteiger charge is 2.46. The van der Waals surface area contributed by atoms with Crippen LogP contribution in [0.3, 0.4) is 0 Å². The van der Waals surface area contributed by atoms with Crippen LogP contribution in [0, 0.1) is 11.8 Å². The highest BCUT2D eigenvalue weighted by molar-refractivity contribution is 5.71. The van der Waals surface area contributed by atoms with Crippen LogP contribution in [0.1, 0.15) is 50.1 Å². The molecule has 2 unspecified atom stereocenters. The molecule has 1 aromatic heterocycles. The number of aromatic amines is 1. The number of aromatic nitrogens is 2. The summed E-state index contributed by atoms with van der Waals surface area (Å²) in [5.41, 5.74) is 8.75. The minimum Gasteiger partial charge on any atom is -0.342 e. The van der Waals surface area contributed by atoms with Gasteiger partial charge in [-0.25, -0.2) is 4.98 Å². The SMILES string of the molecule is C=CC=C(Cc1cc2c3c(c1)-c1ncc([nH]1)CC(C)C3(C)C2)C(C)C. The third-order valence-electron chi connectivity index (χ3n) is 6.39. The second-order valence-corrected chi connectivity index (χ2v) is 8.44. The molecule has 0 radical (unpaired) electrons. The Labute approximate surface area is 151 Å². The standard InChI is InChI=1S/C23H28N2/c1-6-7-17(14(2)3)9-16-10-18-12-23(5)15(4)8-19-13-24-22(25-19)20(11-16)21(18)23/h6-7,10-11,13-15H,1,8-9,12H2,2-5H3,(H,24,25). The summed E-state index contributed by atoms with van der Waals surface area (Å²) in [7, 11) is 0. The normalized spacial score (nSPS) is 24.4. The van der Waals surface area contributed by atoms with E-state index in [2.05, 4.69) is 57.5 Å². The van der Waals surface area contributed by atoms with E-state index in [-0.39, 0.29) is 5.41 Å². The van der Waals surface area contributed by atoms with Gasteiger partial charge in [-0.1, -0.05) is 58.1 Å². The molecular weight excluding hydrogens is 304 g/mol. The lowest BCUT2D eigenvalue weighted by molar-refractivity contribution is 0.269. The Balaban J connectivity index is 1.83. The molecule has 2 nitrogen and oxygen atoms in total. The monoisotopic (exact) mass is 332 g/mol. The highest BCUT2D eigenvalue weighted by Crippen LogP contribution is 2.52. The van der Waals surface area contributed by atoms with Crippen LogP contribution in [0.4, 0.5) is 0 Å². The van der Waals surface area contributed by atoms with Crippen molar-refractivity contribution in [3.05, 3.63) is 65.0 Å². The van der Waals surface area contributed by atoms with Crippen molar-refractivity contribution in [1.29, 1.82) is 0 Å². The van der Waals surface area contributed by atoms with E-state index in [1.54, 1.807) is 0 Å². The number of benzene rings is 1. The van der Waals surface area contributed by atoms with Gasteiger partial charge >= 0.3 is 0 Å². The number of nitrogens with zero attached hydrogens (tertiary/aromatic N) is 1. The molecule has 0 fully saturated rings. The number of rotatable bonds is 4. The van der Waals surface area contributed by atoms with Crippen molar-refractivity contribution in [1.82, 2.24) is 9.97 Å². The molecule has 0 spiro atoms. The van der Waals surface area contributed by atoms with Gasteiger partial charge in [-0.05, 0) is 53.9 Å². The first-order chi connectivity index (χ1) is 11.9. The summed E-state index contributed by atoms with van der Waals surface area (Å²) in [5.74, 6) is 2.21. The van der Waals surface area contributed by atoms with Gasteiger partial charge in [-0.15, -0.1) is 0 Å². The first-order valence-electron chi connectivity index (χ1n) is 9.44. The van der Waals surface area contributed by atoms with Crippen LogP contribution in [-0.4, -0.2) is 9.97 Å². The third kappa shape index (κ3) is 2.50. The molecule has 2 heteroatoms. The van der Waals surface area contributed by atoms with Gasteiger partial charge in [0.25, 0.3) is 0 Å². The van der Waals surface area contributed by atoms with Crippen molar-refractivity contribution < 1.29 is 0 Å². The number of allylic oxidation sites excluding steroid dienone is 3. The topological polar surface area (TPSA) is 28.7 Å². The number of nitrogens with one attached hydrogen (secondary N) is 1. The second-order valence-electron chi connectivity index (χ2n) is 8.44. The van der Waals surface area contributed by atoms with Crippen LogP contribution in [-0.2, 0) is 24.7 Å². The minimum absolute atomic E-state index is 0.285. The van der Waals surface area contributed by atoms with Gasteiger partial charge < -0.3 is 4.98 Å². The highest BCUT2D eigenvalue weighted by atomic mass is 14.9. The van der Waals surface area contributed by atoms with Gasteiger partial charge in [0.15, 0.2) is 0 Å². The first kappa shape index (κ1) is 16.4. The quantitative estimate of drug-likeness (QED) is 0.747. The average molecular weight is 332 g/mol. The maximum Gasteiger partial charge on any atom is 0.137 e. The van der Waals surface area contributed by atoms with E-state index in [4.69, 9.17) is 4.98 Å². The third-order valence-corrected chi connectivity index (χ3v) is 6.39. The van der Waals surface area contributed by atoms with Gasteiger partial charge in [-0.3, -0.25) is 0 Å². The Bertz CT molecular complexity index is 868. The number of fused-ring (bicyclic) bond motifs is 3. The molecule has 2 bridgehead atoms. The Hall–Kier alpha value is -2.09. The molecule has 1 N–H and O–H groups in total. The molecule has 1 aliphatic carbocycles. The fourth-order valence-corrected chi connectivity index (χ4v) is 4.67. The average Bonchev–Trinajstić information content (AvgIpc) is 3.00. The van der Waals surface area contributed by atoms with Crippen molar-refractivity contribution in [2.24, 2.45) is 11.8 Å². The molecule has 0 saturated carbocycles. The molecular formula is C23H28N2. The number of imidazole rings is 1. The van der Waals surface area contributed by atoms with Crippen LogP contribution in [0.5, 0.6) is 0 Å². The van der Waals surface area contributed by atoms with Gasteiger partial charge in [0, 0.05) is 22.9 Å². The molecule has 1 aliphatic heterocycles. The fourth-order valence-electron chi connectivity index (χ4n) is 4.67. The van der Waals surface area contributed by atoms with Crippen molar-refractivity contribution in [3.8, 4) is 11.4 Å². The Kier molecular flexibility index (Phi) is 3.75. The predicted octanol–water partition coefficient (Wildman–Crippen LogP) is 5.39. The zero-order valence-corrected chi connectivity index (χ0v) is 15.8. The summed E-state index contributed by atoms with van der Waals surface area (Å²) in [6.07, 6.45) is 9.37. The molecule has 25 heavy (non-hydrogen) atoms. The zero-order valence-electron chi connectivity index (χ0n) is 15.8. The largest absolute Gasteiger partial charge is 0.342 e. The molecule has 2 aromatic rings. The first-order valence-corrected chi connectivity index (χ1v) is 9.44. The zero-order chi connectivity index (χ0) is 17.8. The molecule has 2 heterocycles. The van der Waals surface area contributed by atoms with Crippen molar-refractivity contribution in [2.45, 2.75) is 52.4 Å². The van der Waals surface area contributed by atoms with Crippen molar-refractivity contribution in [2.75, 3.05) is 0 Å². The van der Waals surface area contributed by atoms with Crippen molar-refractivity contribution in [3.63, 3.8) is 0 Å². The molecule has 4 rings (SSSR count). The van der Waals surface area contributed by atoms with Crippen LogP contribution in [0.15, 0.2) is 42.6 Å². The lowest BCUT2D eigenvalue weighted by Gasteiger charge is -2.48. The summed E-state index contributed by atoms with van der Waals surface area (Å²) >= 11 is 0. The summed E-state index contributed by atoms with van der Waals surface area (Å²) in [4.78, 5) is 8.24. The smallest absolute Gasteiger partial charge is 0.137 e. The molecule has 1 aromatic carbocycles. The van der Waals surface area contributed by atoms with Gasteiger partial charge in [0.1, 0.15) is 5.82 Å². The molecule has 0 amide bonds. The lowest BCUT2D eigenvalue weighted by atomic mass is 9.56. The fraction of sp³-hybridized carbons (Fsp3) is 0.435. The predicted molar refractivity (Wildman–Crippen MR) is 105 cm³/mol. The summed E-state index contributed by atoms with van der Waals surface area (Å²) in [5, 5.41) is 0. The summed E-state index contributed by atoms with van der Waals surface area (Å²) in [6.45, 7) is 13.2. The van der Waals surface area contributed by atoms with E-state index >= 15 is 0 Å². The Morgan fingerprint density at radius 3 is 2.96 bits per heavy atom. The molecule has 0 saturated heterocycles. The van der Waals surface area contributed by atoms with E-state index in [9.17, 15) is 0 Å². The molecule has 2 aliphatic rings. The summed E-state index contributed by atoms with van der Waals surface area (Å²) < 4.78 is 0. The van der Waals surface area contributed by atoms with Gasteiger partial charge in [0.2, 0.25) is 0 Å². The number of hydrogen-bond donors (Lipinski definition) is 1. The summed E-state index contributed by atoms with van der Waals surface area (Å²) in [6, 6.07) is 4.80. The Morgan fingerprint density at radius 2 is 2.24 bits per heavy atom. The van der Waals surface area contributed by atoms with Crippen LogP contribution < -0.4 is 0 Å². The minimum atomic E-state index is 0.285. The Morgan fingerprint density at radius 1 is 1.44 bits per heavy atom. The van der Waals surface area contributed by atoms with E-state index in [1.165, 1.54) is 39.9 Å². The molecule has 2 atom stereocenters. The second kappa shape index (κ2) is 5.72. The van der Waals surface area contributed by atoms with E-state index in [0.717, 1.165) is 18.7 Å². The van der Waals surface area contributed by atoms with E-state index < -0.39 is 0 Å². The number of hydrogen-bond acceptors (Lipinski definition) is 1. The number of H-pyrrole nitrogens is 1. The maximum atomic E-state index is 4.69. The van der Waals surface area contributed by atoms with Gasteiger partial charge in [0.05, 0.1) is 0 Å². The maximum absolute atomic E-state index is 4.69. The lowest BCUT2D eigenvalue weighted by Crippen LogP contribution is -2.43.